The predicted molar refractivity (Wildman–Crippen MR) is 61.9 cm³/mol. The number of methoxy groups -OCH3 is 1. The van der Waals surface area contributed by atoms with Crippen molar-refractivity contribution in [3.8, 4) is 11.8 Å². The Kier molecular flexibility index (Phi) is 2.05. The molecule has 3 rings (SSSR count). The van der Waals surface area contributed by atoms with E-state index in [0.717, 1.165) is 16.3 Å². The second-order valence-electron chi connectivity index (χ2n) is 3.67. The third kappa shape index (κ3) is 1.23. The summed E-state index contributed by atoms with van der Waals surface area (Å²) in [5, 5.41) is 10.6. The quantitative estimate of drug-likeness (QED) is 0.674. The van der Waals surface area contributed by atoms with Crippen LogP contribution in [0.1, 0.15) is 5.56 Å². The van der Waals surface area contributed by atoms with Crippen LogP contribution in [0.2, 0.25) is 0 Å². The van der Waals surface area contributed by atoms with Crippen molar-refractivity contribution in [2.75, 3.05) is 7.11 Å². The van der Waals surface area contributed by atoms with Crippen molar-refractivity contribution >= 4 is 21.9 Å². The zero-order valence-electron chi connectivity index (χ0n) is 9.19. The third-order valence-electron chi connectivity index (χ3n) is 2.84. The zero-order chi connectivity index (χ0) is 11.8. The van der Waals surface area contributed by atoms with Crippen LogP contribution in [0.5, 0.6) is 5.75 Å². The van der Waals surface area contributed by atoms with Crippen LogP contribution >= 0.6 is 0 Å². The first-order chi connectivity index (χ1) is 8.36. The minimum Gasteiger partial charge on any atom is -0.492 e. The van der Waals surface area contributed by atoms with E-state index in [4.69, 9.17) is 18.8 Å². The molecule has 0 aliphatic heterocycles. The molecule has 4 heteroatoms. The highest BCUT2D eigenvalue weighted by atomic mass is 16.5. The van der Waals surface area contributed by atoms with Crippen molar-refractivity contribution in [3.05, 3.63) is 30.2 Å². The van der Waals surface area contributed by atoms with Crippen LogP contribution < -0.4 is 4.74 Å². The molecule has 0 fully saturated rings. The molecule has 0 N–H and O–H groups in total. The number of hydrogen-bond donors (Lipinski definition) is 0. The molecule has 0 saturated heterocycles. The van der Waals surface area contributed by atoms with Gasteiger partial charge in [-0.2, -0.15) is 5.26 Å². The van der Waals surface area contributed by atoms with Crippen molar-refractivity contribution < 1.29 is 13.6 Å². The van der Waals surface area contributed by atoms with Gasteiger partial charge in [0.1, 0.15) is 5.58 Å². The molecule has 17 heavy (non-hydrogen) atoms. The average Bonchev–Trinajstić information content (AvgIpc) is 2.96. The molecule has 1 aromatic carbocycles. The van der Waals surface area contributed by atoms with E-state index < -0.39 is 0 Å². The van der Waals surface area contributed by atoms with Gasteiger partial charge < -0.3 is 13.6 Å². The van der Waals surface area contributed by atoms with Gasteiger partial charge in [0.2, 0.25) is 0 Å². The van der Waals surface area contributed by atoms with Crippen LogP contribution in [0.25, 0.3) is 21.9 Å². The monoisotopic (exact) mass is 227 g/mol. The summed E-state index contributed by atoms with van der Waals surface area (Å²) >= 11 is 0. The molecule has 2 aromatic heterocycles. The SMILES string of the molecule is COc1c2ccoc2c(CC#N)c2ccoc12. The minimum atomic E-state index is 0.282. The van der Waals surface area contributed by atoms with E-state index in [1.54, 1.807) is 19.6 Å². The second-order valence-corrected chi connectivity index (χ2v) is 3.67. The Bertz CT molecular complexity index is 678. The number of furan rings is 2. The smallest absolute Gasteiger partial charge is 0.176 e. The summed E-state index contributed by atoms with van der Waals surface area (Å²) in [4.78, 5) is 0. The fourth-order valence-electron chi connectivity index (χ4n) is 2.15. The maximum absolute atomic E-state index is 8.89. The first kappa shape index (κ1) is 9.79. The van der Waals surface area contributed by atoms with Crippen molar-refractivity contribution in [1.82, 2.24) is 0 Å². The summed E-state index contributed by atoms with van der Waals surface area (Å²) in [6.07, 6.45) is 3.46. The molecule has 0 saturated carbocycles. The number of nitrogens with zero attached hydrogens (tertiary/aromatic N) is 1. The number of hydrogen-bond acceptors (Lipinski definition) is 4. The highest BCUT2D eigenvalue weighted by Gasteiger charge is 2.18. The van der Waals surface area contributed by atoms with E-state index in [-0.39, 0.29) is 6.42 Å². The van der Waals surface area contributed by atoms with Gasteiger partial charge in [0.05, 0.1) is 37.5 Å². The molecule has 0 bridgehead atoms. The molecule has 0 unspecified atom stereocenters. The molecule has 0 aliphatic carbocycles. The zero-order valence-corrected chi connectivity index (χ0v) is 9.19. The van der Waals surface area contributed by atoms with Crippen LogP contribution in [-0.4, -0.2) is 7.11 Å². The minimum absolute atomic E-state index is 0.282. The number of benzene rings is 1. The standard InChI is InChI=1S/C13H9NO3/c1-15-12-10-4-7-16-11(10)8(2-5-14)9-3-6-17-13(9)12/h3-4,6-7H,2H2,1H3. The summed E-state index contributed by atoms with van der Waals surface area (Å²) in [6, 6.07) is 5.79. The fourth-order valence-corrected chi connectivity index (χ4v) is 2.15. The third-order valence-corrected chi connectivity index (χ3v) is 2.84. The highest BCUT2D eigenvalue weighted by molar-refractivity contribution is 6.04. The van der Waals surface area contributed by atoms with Crippen LogP contribution in [-0.2, 0) is 6.42 Å². The summed E-state index contributed by atoms with van der Waals surface area (Å²) in [7, 11) is 1.59. The van der Waals surface area contributed by atoms with Crippen molar-refractivity contribution in [2.45, 2.75) is 6.42 Å². The lowest BCUT2D eigenvalue weighted by molar-refractivity contribution is 0.415. The Morgan fingerprint density at radius 2 is 1.88 bits per heavy atom. The fraction of sp³-hybridized carbons (Fsp3) is 0.154. The summed E-state index contributed by atoms with van der Waals surface area (Å²) in [5.74, 6) is 0.649. The molecular weight excluding hydrogens is 218 g/mol. The van der Waals surface area contributed by atoms with E-state index in [0.29, 0.717) is 16.9 Å². The normalized spacial score (nSPS) is 10.8. The molecule has 0 atom stereocenters. The van der Waals surface area contributed by atoms with Crippen molar-refractivity contribution in [3.63, 3.8) is 0 Å². The van der Waals surface area contributed by atoms with Crippen LogP contribution in [0.15, 0.2) is 33.5 Å². The molecule has 4 nitrogen and oxygen atoms in total. The molecule has 84 valence electrons. The van der Waals surface area contributed by atoms with E-state index >= 15 is 0 Å². The first-order valence-corrected chi connectivity index (χ1v) is 5.17. The molecule has 0 spiro atoms. The molecule has 3 aromatic rings. The van der Waals surface area contributed by atoms with Gasteiger partial charge in [0.15, 0.2) is 11.3 Å². The Balaban J connectivity index is 2.54. The van der Waals surface area contributed by atoms with Crippen molar-refractivity contribution in [2.24, 2.45) is 0 Å². The Hall–Kier alpha value is -2.41. The Labute approximate surface area is 97.0 Å². The van der Waals surface area contributed by atoms with Crippen molar-refractivity contribution in [1.29, 1.82) is 5.26 Å². The van der Waals surface area contributed by atoms with Gasteiger partial charge in [-0.15, -0.1) is 0 Å². The first-order valence-electron chi connectivity index (χ1n) is 5.17. The lowest BCUT2D eigenvalue weighted by atomic mass is 10.0. The number of nitriles is 1. The Morgan fingerprint density at radius 3 is 2.59 bits per heavy atom. The van der Waals surface area contributed by atoms with E-state index in [9.17, 15) is 0 Å². The summed E-state index contributed by atoms with van der Waals surface area (Å²) in [5.41, 5.74) is 2.20. The van der Waals surface area contributed by atoms with Gasteiger partial charge in [-0.25, -0.2) is 0 Å². The average molecular weight is 227 g/mol. The number of ether oxygens (including phenoxy) is 1. The lowest BCUT2D eigenvalue weighted by Crippen LogP contribution is -1.89. The van der Waals surface area contributed by atoms with Gasteiger partial charge >= 0.3 is 0 Å². The maximum Gasteiger partial charge on any atom is 0.176 e. The van der Waals surface area contributed by atoms with E-state index in [1.807, 2.05) is 12.1 Å². The summed E-state index contributed by atoms with van der Waals surface area (Å²) < 4.78 is 16.2. The highest BCUT2D eigenvalue weighted by Crippen LogP contribution is 2.39. The number of fused-ring (bicyclic) bond motifs is 2. The van der Waals surface area contributed by atoms with E-state index in [1.165, 1.54) is 0 Å². The van der Waals surface area contributed by atoms with Gasteiger partial charge in [-0.05, 0) is 12.1 Å². The van der Waals surface area contributed by atoms with Crippen LogP contribution in [0, 0.1) is 11.3 Å². The molecule has 0 aliphatic rings. The lowest BCUT2D eigenvalue weighted by Gasteiger charge is -2.05. The molecular formula is C13H9NO3. The molecule has 0 amide bonds. The van der Waals surface area contributed by atoms with Gasteiger partial charge in [0.25, 0.3) is 0 Å². The van der Waals surface area contributed by atoms with Crippen LogP contribution in [0.4, 0.5) is 0 Å². The second kappa shape index (κ2) is 3.56. The topological polar surface area (TPSA) is 59.3 Å². The number of rotatable bonds is 2. The van der Waals surface area contributed by atoms with E-state index in [2.05, 4.69) is 6.07 Å². The largest absolute Gasteiger partial charge is 0.492 e. The molecule has 2 heterocycles. The Morgan fingerprint density at radius 1 is 1.18 bits per heavy atom. The predicted octanol–water partition coefficient (Wildman–Crippen LogP) is 3.25. The van der Waals surface area contributed by atoms with Gasteiger partial charge in [0, 0.05) is 10.9 Å². The van der Waals surface area contributed by atoms with Gasteiger partial charge in [-0.3, -0.25) is 0 Å². The maximum atomic E-state index is 8.89. The summed E-state index contributed by atoms with van der Waals surface area (Å²) in [6.45, 7) is 0. The molecule has 0 radical (unpaired) electrons. The van der Waals surface area contributed by atoms with Crippen LogP contribution in [0.3, 0.4) is 0 Å². The van der Waals surface area contributed by atoms with Gasteiger partial charge in [-0.1, -0.05) is 0 Å².